The summed E-state index contributed by atoms with van der Waals surface area (Å²) in [6, 6.07) is 13.7. The summed E-state index contributed by atoms with van der Waals surface area (Å²) >= 11 is 0. The minimum Gasteiger partial charge on any atom is -0.379 e. The van der Waals surface area contributed by atoms with Gasteiger partial charge in [0.15, 0.2) is 0 Å². The van der Waals surface area contributed by atoms with Crippen molar-refractivity contribution in [3.05, 3.63) is 59.7 Å². The highest BCUT2D eigenvalue weighted by molar-refractivity contribution is 7.87. The van der Waals surface area contributed by atoms with E-state index in [1.54, 1.807) is 24.3 Å². The number of rotatable bonds is 4. The van der Waals surface area contributed by atoms with Crippen LogP contribution in [0.5, 0.6) is 5.75 Å². The lowest BCUT2D eigenvalue weighted by atomic mass is 10.0. The Hall–Kier alpha value is -1.81. The number of aryl methyl sites for hydroxylation is 1. The molecule has 0 aliphatic heterocycles. The van der Waals surface area contributed by atoms with Gasteiger partial charge in [0.05, 0.1) is 0 Å². The van der Waals surface area contributed by atoms with Crippen LogP contribution in [-0.2, 0) is 10.1 Å². The average Bonchev–Trinajstić information content (AvgIpc) is 2.41. The van der Waals surface area contributed by atoms with E-state index >= 15 is 0 Å². The zero-order valence-corrected chi connectivity index (χ0v) is 12.6. The van der Waals surface area contributed by atoms with Gasteiger partial charge in [0.1, 0.15) is 10.6 Å². The first kappa shape index (κ1) is 14.6. The van der Waals surface area contributed by atoms with Crippen molar-refractivity contribution in [2.75, 3.05) is 0 Å². The van der Waals surface area contributed by atoms with E-state index in [0.717, 1.165) is 11.1 Å². The summed E-state index contributed by atoms with van der Waals surface area (Å²) in [6.45, 7) is 6.06. The van der Waals surface area contributed by atoms with Crippen molar-refractivity contribution in [3.63, 3.8) is 0 Å². The minimum atomic E-state index is -3.77. The van der Waals surface area contributed by atoms with E-state index in [-0.39, 0.29) is 4.90 Å². The molecular formula is C16H18O3S. The summed E-state index contributed by atoms with van der Waals surface area (Å²) in [7, 11) is -3.77. The van der Waals surface area contributed by atoms with Gasteiger partial charge in [-0.05, 0) is 42.7 Å². The Kier molecular flexibility index (Phi) is 4.14. The molecule has 0 atom stereocenters. The predicted molar refractivity (Wildman–Crippen MR) is 79.5 cm³/mol. The molecule has 2 aromatic rings. The maximum absolute atomic E-state index is 12.1. The van der Waals surface area contributed by atoms with E-state index in [0.29, 0.717) is 11.7 Å². The van der Waals surface area contributed by atoms with Gasteiger partial charge < -0.3 is 4.18 Å². The van der Waals surface area contributed by atoms with E-state index in [1.807, 2.05) is 31.2 Å². The molecule has 0 spiro atoms. The minimum absolute atomic E-state index is 0.169. The highest BCUT2D eigenvalue weighted by Gasteiger charge is 2.16. The van der Waals surface area contributed by atoms with Gasteiger partial charge in [-0.15, -0.1) is 0 Å². The van der Waals surface area contributed by atoms with E-state index in [4.69, 9.17) is 4.18 Å². The molecule has 0 fully saturated rings. The molecule has 0 saturated carbocycles. The van der Waals surface area contributed by atoms with Crippen molar-refractivity contribution < 1.29 is 12.6 Å². The molecule has 0 saturated heterocycles. The molecule has 106 valence electrons. The quantitative estimate of drug-likeness (QED) is 0.802. The maximum Gasteiger partial charge on any atom is 0.339 e. The number of hydrogen-bond donors (Lipinski definition) is 0. The van der Waals surface area contributed by atoms with Gasteiger partial charge in [-0.3, -0.25) is 0 Å². The molecule has 2 aromatic carbocycles. The van der Waals surface area contributed by atoms with Gasteiger partial charge in [-0.2, -0.15) is 8.42 Å². The van der Waals surface area contributed by atoms with E-state index in [9.17, 15) is 8.42 Å². The summed E-state index contributed by atoms with van der Waals surface area (Å²) in [4.78, 5) is 0.169. The van der Waals surface area contributed by atoms with Gasteiger partial charge in [0.2, 0.25) is 0 Å². The smallest absolute Gasteiger partial charge is 0.339 e. The molecule has 0 N–H and O–H groups in total. The zero-order valence-electron chi connectivity index (χ0n) is 11.8. The fourth-order valence-corrected chi connectivity index (χ4v) is 2.72. The Morgan fingerprint density at radius 1 is 0.900 bits per heavy atom. The lowest BCUT2D eigenvalue weighted by molar-refractivity contribution is 0.486. The monoisotopic (exact) mass is 290 g/mol. The van der Waals surface area contributed by atoms with Crippen molar-refractivity contribution in [2.24, 2.45) is 0 Å². The molecule has 0 aliphatic rings. The third kappa shape index (κ3) is 3.39. The van der Waals surface area contributed by atoms with E-state index in [2.05, 4.69) is 13.8 Å². The number of hydrogen-bond acceptors (Lipinski definition) is 3. The van der Waals surface area contributed by atoms with Crippen molar-refractivity contribution in [1.29, 1.82) is 0 Å². The fourth-order valence-electron chi connectivity index (χ4n) is 1.79. The predicted octanol–water partition coefficient (Wildman–Crippen LogP) is 3.89. The largest absolute Gasteiger partial charge is 0.379 e. The van der Waals surface area contributed by atoms with E-state index < -0.39 is 10.1 Å². The first-order chi connectivity index (χ1) is 9.38. The third-order valence-corrected chi connectivity index (χ3v) is 4.32. The molecule has 0 bridgehead atoms. The summed E-state index contributed by atoms with van der Waals surface area (Å²) in [5.41, 5.74) is 2.15. The van der Waals surface area contributed by atoms with Crippen LogP contribution in [-0.4, -0.2) is 8.42 Å². The second-order valence-corrected chi connectivity index (χ2v) is 6.62. The second-order valence-electron chi connectivity index (χ2n) is 5.07. The molecule has 0 aromatic heterocycles. The summed E-state index contributed by atoms with van der Waals surface area (Å²) in [5.74, 6) is 0.688. The molecule has 0 radical (unpaired) electrons. The molecule has 0 aliphatic carbocycles. The van der Waals surface area contributed by atoms with Gasteiger partial charge in [-0.1, -0.05) is 43.7 Å². The van der Waals surface area contributed by atoms with Crippen molar-refractivity contribution in [2.45, 2.75) is 31.6 Å². The molecule has 20 heavy (non-hydrogen) atoms. The third-order valence-electron chi connectivity index (χ3n) is 3.06. The Balaban J connectivity index is 2.23. The fraction of sp³-hybridized carbons (Fsp3) is 0.250. The number of benzene rings is 2. The standard InChI is InChI=1S/C16H18O3S/c1-12(2)14-6-10-16(11-7-14)20(17,18)19-15-8-4-13(3)5-9-15/h4-12H,1-3H3. The van der Waals surface area contributed by atoms with Crippen LogP contribution in [0.2, 0.25) is 0 Å². The van der Waals surface area contributed by atoms with Crippen LogP contribution in [0.3, 0.4) is 0 Å². The Morgan fingerprint density at radius 3 is 1.95 bits per heavy atom. The Labute approximate surface area is 120 Å². The molecule has 3 nitrogen and oxygen atoms in total. The Morgan fingerprint density at radius 2 is 1.45 bits per heavy atom. The van der Waals surface area contributed by atoms with Gasteiger partial charge in [0.25, 0.3) is 0 Å². The van der Waals surface area contributed by atoms with Crippen LogP contribution < -0.4 is 4.18 Å². The van der Waals surface area contributed by atoms with Gasteiger partial charge >= 0.3 is 10.1 Å². The lowest BCUT2D eigenvalue weighted by Gasteiger charge is -2.09. The molecule has 4 heteroatoms. The van der Waals surface area contributed by atoms with Gasteiger partial charge in [-0.25, -0.2) is 0 Å². The van der Waals surface area contributed by atoms with Crippen LogP contribution >= 0.6 is 0 Å². The average molecular weight is 290 g/mol. The molecule has 0 heterocycles. The lowest BCUT2D eigenvalue weighted by Crippen LogP contribution is -2.09. The summed E-state index contributed by atoms with van der Waals surface area (Å²) in [6.07, 6.45) is 0. The SMILES string of the molecule is Cc1ccc(OS(=O)(=O)c2ccc(C(C)C)cc2)cc1. The second kappa shape index (κ2) is 5.67. The first-order valence-corrected chi connectivity index (χ1v) is 7.90. The van der Waals surface area contributed by atoms with Crippen LogP contribution in [0.4, 0.5) is 0 Å². The first-order valence-electron chi connectivity index (χ1n) is 6.49. The normalized spacial score (nSPS) is 11.6. The van der Waals surface area contributed by atoms with Crippen molar-refractivity contribution in [1.82, 2.24) is 0 Å². The zero-order chi connectivity index (χ0) is 14.8. The molecule has 0 amide bonds. The summed E-state index contributed by atoms with van der Waals surface area (Å²) in [5, 5.41) is 0. The van der Waals surface area contributed by atoms with Gasteiger partial charge in [0, 0.05) is 0 Å². The van der Waals surface area contributed by atoms with Crippen LogP contribution in [0, 0.1) is 6.92 Å². The molecular weight excluding hydrogens is 272 g/mol. The maximum atomic E-state index is 12.1. The summed E-state index contributed by atoms with van der Waals surface area (Å²) < 4.78 is 29.4. The topological polar surface area (TPSA) is 43.4 Å². The molecule has 0 unspecified atom stereocenters. The van der Waals surface area contributed by atoms with Crippen LogP contribution in [0.15, 0.2) is 53.4 Å². The highest BCUT2D eigenvalue weighted by atomic mass is 32.2. The Bertz CT molecular complexity index is 669. The van der Waals surface area contributed by atoms with E-state index in [1.165, 1.54) is 0 Å². The molecule has 2 rings (SSSR count). The van der Waals surface area contributed by atoms with Crippen molar-refractivity contribution >= 4 is 10.1 Å². The van der Waals surface area contributed by atoms with Crippen LogP contribution in [0.1, 0.15) is 30.9 Å². The highest BCUT2D eigenvalue weighted by Crippen LogP contribution is 2.21. The van der Waals surface area contributed by atoms with Crippen LogP contribution in [0.25, 0.3) is 0 Å². The van der Waals surface area contributed by atoms with Crippen molar-refractivity contribution in [3.8, 4) is 5.75 Å².